The third kappa shape index (κ3) is 7.70. The molecule has 10 nitrogen and oxygen atoms in total. The molecular weight excluding hydrogens is 625 g/mol. The Balaban J connectivity index is 0.994. The van der Waals surface area contributed by atoms with Crippen molar-refractivity contribution in [2.75, 3.05) is 59.5 Å². The van der Waals surface area contributed by atoms with Gasteiger partial charge in [0.1, 0.15) is 12.4 Å². The largest absolute Gasteiger partial charge is 0.497 e. The molecular formula is C37H52N6O4S. The zero-order valence-electron chi connectivity index (χ0n) is 28.9. The summed E-state index contributed by atoms with van der Waals surface area (Å²) in [5.41, 5.74) is 3.87. The highest BCUT2D eigenvalue weighted by Crippen LogP contribution is 2.41. The third-order valence-corrected chi connectivity index (χ3v) is 12.8. The number of methoxy groups -OCH3 is 1. The molecule has 2 aromatic carbocycles. The van der Waals surface area contributed by atoms with E-state index in [4.69, 9.17) is 9.47 Å². The molecule has 0 aliphatic carbocycles. The number of aromatic nitrogens is 2. The van der Waals surface area contributed by atoms with Gasteiger partial charge in [-0.1, -0.05) is 36.8 Å². The molecule has 3 aromatic rings. The Hall–Kier alpha value is -3.09. The normalized spacial score (nSPS) is 20.9. The summed E-state index contributed by atoms with van der Waals surface area (Å²) in [6, 6.07) is 16.6. The summed E-state index contributed by atoms with van der Waals surface area (Å²) >= 11 is 0. The number of rotatable bonds is 13. The Morgan fingerprint density at radius 1 is 0.938 bits per heavy atom. The van der Waals surface area contributed by atoms with Gasteiger partial charge in [-0.15, -0.1) is 0 Å². The van der Waals surface area contributed by atoms with Crippen molar-refractivity contribution in [2.45, 2.75) is 81.8 Å². The third-order valence-electron chi connectivity index (χ3n) is 10.5. The fraction of sp³-hybridized carbons (Fsp3) is 0.568. The second-order valence-corrected chi connectivity index (χ2v) is 15.4. The molecule has 11 heteroatoms. The lowest BCUT2D eigenvalue weighted by Crippen LogP contribution is -2.53. The Bertz CT molecular complexity index is 1580. The summed E-state index contributed by atoms with van der Waals surface area (Å²) in [5.74, 6) is 0.656. The van der Waals surface area contributed by atoms with Crippen LogP contribution in [0.1, 0.15) is 67.3 Å². The zero-order valence-corrected chi connectivity index (χ0v) is 29.7. The van der Waals surface area contributed by atoms with Gasteiger partial charge in [0.2, 0.25) is 10.0 Å². The minimum Gasteiger partial charge on any atom is -0.497 e. The molecule has 3 fully saturated rings. The van der Waals surface area contributed by atoms with Gasteiger partial charge in [0.25, 0.3) is 0 Å². The maximum atomic E-state index is 13.9. The van der Waals surface area contributed by atoms with Crippen LogP contribution in [0.25, 0.3) is 0 Å². The molecule has 4 heterocycles. The van der Waals surface area contributed by atoms with Crippen molar-refractivity contribution < 1.29 is 17.9 Å². The molecule has 0 saturated carbocycles. The van der Waals surface area contributed by atoms with Gasteiger partial charge < -0.3 is 19.7 Å². The summed E-state index contributed by atoms with van der Waals surface area (Å²) in [6.45, 7) is 11.4. The predicted molar refractivity (Wildman–Crippen MR) is 188 cm³/mol. The highest BCUT2D eigenvalue weighted by atomic mass is 32.2. The van der Waals surface area contributed by atoms with Crippen molar-refractivity contribution in [1.29, 1.82) is 0 Å². The average Bonchev–Trinajstić information content (AvgIpc) is 3.66. The van der Waals surface area contributed by atoms with E-state index in [1.807, 2.05) is 19.9 Å². The lowest BCUT2D eigenvalue weighted by molar-refractivity contribution is 0.0345. The molecule has 0 spiro atoms. The Morgan fingerprint density at radius 3 is 2.35 bits per heavy atom. The van der Waals surface area contributed by atoms with E-state index in [1.54, 1.807) is 29.7 Å². The first-order valence-electron chi connectivity index (χ1n) is 17.7. The fourth-order valence-electron chi connectivity index (χ4n) is 8.01. The van der Waals surface area contributed by atoms with E-state index in [9.17, 15) is 8.42 Å². The lowest BCUT2D eigenvalue weighted by Gasteiger charge is -2.48. The first-order valence-corrected chi connectivity index (χ1v) is 19.1. The van der Waals surface area contributed by atoms with Crippen LogP contribution < -0.4 is 14.8 Å². The number of benzene rings is 2. The van der Waals surface area contributed by atoms with Gasteiger partial charge in [0, 0.05) is 51.0 Å². The number of nitrogens with one attached hydrogen (secondary N) is 1. The SMILES string of the molecule is COc1cc(C)c(S(=O)(=O)N2CCCCC2COc2nccc(CNCCN3CCC(c4ccccc4)(N4CCCC4)CC3)n2)c(C)c1. The number of nitrogens with zero attached hydrogens (tertiary/aromatic N) is 5. The van der Waals surface area contributed by atoms with E-state index >= 15 is 0 Å². The van der Waals surface area contributed by atoms with Gasteiger partial charge in [-0.2, -0.15) is 9.29 Å². The molecule has 48 heavy (non-hydrogen) atoms. The van der Waals surface area contributed by atoms with E-state index in [0.717, 1.165) is 51.1 Å². The summed E-state index contributed by atoms with van der Waals surface area (Å²) < 4.78 is 40.8. The van der Waals surface area contributed by atoms with E-state index in [-0.39, 0.29) is 24.2 Å². The topological polar surface area (TPSA) is 100 Å². The van der Waals surface area contributed by atoms with Gasteiger partial charge in [-0.25, -0.2) is 13.4 Å². The molecule has 0 radical (unpaired) electrons. The van der Waals surface area contributed by atoms with Gasteiger partial charge in [0.05, 0.1) is 23.7 Å². The number of sulfonamides is 1. The summed E-state index contributed by atoms with van der Waals surface area (Å²) in [5, 5.41) is 3.56. The van der Waals surface area contributed by atoms with Crippen molar-refractivity contribution in [1.82, 2.24) is 29.4 Å². The number of likely N-dealkylation sites (tertiary alicyclic amines) is 2. The number of ether oxygens (including phenoxy) is 2. The molecule has 260 valence electrons. The standard InChI is InChI=1S/C37H52N6O4S/c1-29-25-34(46-3)26-30(2)35(29)48(44,45)43-21-8-7-13-33(43)28-47-36-39-17-14-32(40-36)27-38-18-24-41-22-15-37(16-23-41,42-19-9-10-20-42)31-11-5-4-6-12-31/h4-6,11-12,14,17,25-26,33,38H,7-10,13,15-16,18-24,27-28H2,1-3H3. The van der Waals surface area contributed by atoms with Gasteiger partial charge in [-0.05, 0) is 100 Å². The maximum absolute atomic E-state index is 13.9. The van der Waals surface area contributed by atoms with Gasteiger partial charge in [0.15, 0.2) is 0 Å². The van der Waals surface area contributed by atoms with Crippen LogP contribution in [0.15, 0.2) is 59.6 Å². The second-order valence-electron chi connectivity index (χ2n) is 13.6. The molecule has 0 amide bonds. The van der Waals surface area contributed by atoms with Crippen LogP contribution in [-0.2, 0) is 22.1 Å². The highest BCUT2D eigenvalue weighted by Gasteiger charge is 2.42. The molecule has 3 aliphatic rings. The van der Waals surface area contributed by atoms with Crippen LogP contribution in [-0.4, -0.2) is 98.1 Å². The van der Waals surface area contributed by atoms with Crippen LogP contribution in [0.4, 0.5) is 0 Å². The maximum Gasteiger partial charge on any atom is 0.316 e. The minimum absolute atomic E-state index is 0.172. The van der Waals surface area contributed by atoms with E-state index < -0.39 is 10.0 Å². The number of hydrogen-bond acceptors (Lipinski definition) is 9. The smallest absolute Gasteiger partial charge is 0.316 e. The van der Waals surface area contributed by atoms with Crippen molar-refractivity contribution in [3.63, 3.8) is 0 Å². The fourth-order valence-corrected chi connectivity index (χ4v) is 10.1. The van der Waals surface area contributed by atoms with Crippen molar-refractivity contribution in [3.05, 3.63) is 77.1 Å². The van der Waals surface area contributed by atoms with E-state index in [0.29, 0.717) is 34.9 Å². The monoisotopic (exact) mass is 676 g/mol. The molecule has 3 aliphatic heterocycles. The number of aryl methyl sites for hydroxylation is 2. The number of hydrogen-bond donors (Lipinski definition) is 1. The molecule has 0 bridgehead atoms. The lowest BCUT2D eigenvalue weighted by atomic mass is 9.79. The van der Waals surface area contributed by atoms with Crippen LogP contribution in [0.3, 0.4) is 0 Å². The second kappa shape index (κ2) is 15.6. The first-order chi connectivity index (χ1) is 23.3. The molecule has 6 rings (SSSR count). The van der Waals surface area contributed by atoms with Crippen molar-refractivity contribution in [3.8, 4) is 11.8 Å². The van der Waals surface area contributed by atoms with Gasteiger partial charge in [-0.3, -0.25) is 4.90 Å². The summed E-state index contributed by atoms with van der Waals surface area (Å²) in [4.78, 5) is 14.7. The van der Waals surface area contributed by atoms with Crippen LogP contribution >= 0.6 is 0 Å². The van der Waals surface area contributed by atoms with Gasteiger partial charge >= 0.3 is 6.01 Å². The first kappa shape index (κ1) is 34.8. The minimum atomic E-state index is -3.72. The molecule has 3 saturated heterocycles. The van der Waals surface area contributed by atoms with Crippen LogP contribution in [0, 0.1) is 13.8 Å². The quantitative estimate of drug-likeness (QED) is 0.254. The predicted octanol–water partition coefficient (Wildman–Crippen LogP) is 4.90. The Morgan fingerprint density at radius 2 is 1.65 bits per heavy atom. The molecule has 1 atom stereocenters. The molecule has 1 N–H and O–H groups in total. The Labute approximate surface area is 286 Å². The average molecular weight is 677 g/mol. The Kier molecular flexibility index (Phi) is 11.3. The van der Waals surface area contributed by atoms with Crippen molar-refractivity contribution >= 4 is 10.0 Å². The zero-order chi connectivity index (χ0) is 33.6. The summed E-state index contributed by atoms with van der Waals surface area (Å²) in [7, 11) is -2.13. The number of piperidine rings is 2. The van der Waals surface area contributed by atoms with Crippen molar-refractivity contribution in [2.24, 2.45) is 0 Å². The highest BCUT2D eigenvalue weighted by molar-refractivity contribution is 7.89. The summed E-state index contributed by atoms with van der Waals surface area (Å²) in [6.07, 6.45) is 9.18. The molecule has 1 aromatic heterocycles. The van der Waals surface area contributed by atoms with Crippen LogP contribution in [0.5, 0.6) is 11.8 Å². The van der Waals surface area contributed by atoms with E-state index in [2.05, 4.69) is 55.4 Å². The van der Waals surface area contributed by atoms with Crippen LogP contribution in [0.2, 0.25) is 0 Å². The van der Waals surface area contributed by atoms with E-state index in [1.165, 1.54) is 44.3 Å². The molecule has 1 unspecified atom stereocenters.